The van der Waals surface area contributed by atoms with Crippen LogP contribution in [0, 0.1) is 24.1 Å². The fraction of sp³-hybridized carbons (Fsp3) is 0.571. The van der Waals surface area contributed by atoms with E-state index in [0.29, 0.717) is 12.5 Å². The number of hydrogen-bond acceptors (Lipinski definition) is 1. The molecule has 2 heteroatoms. The van der Waals surface area contributed by atoms with E-state index in [1.165, 1.54) is 11.6 Å². The Kier molecular flexibility index (Phi) is 4.09. The molecular formula is C14H22FN. The van der Waals surface area contributed by atoms with E-state index < -0.39 is 0 Å². The molecule has 0 aliphatic carbocycles. The van der Waals surface area contributed by atoms with Gasteiger partial charge < -0.3 is 5.73 Å². The number of hydrogen-bond donors (Lipinski definition) is 1. The van der Waals surface area contributed by atoms with Crippen LogP contribution in [0.15, 0.2) is 18.2 Å². The molecule has 1 atom stereocenters. The lowest BCUT2D eigenvalue weighted by Gasteiger charge is -2.33. The van der Waals surface area contributed by atoms with Gasteiger partial charge in [0.15, 0.2) is 0 Å². The molecule has 1 aromatic carbocycles. The minimum Gasteiger partial charge on any atom is -0.330 e. The SMILES string of the molecule is Cc1cc(F)ccc1CC(C)(CN)C(C)C. The van der Waals surface area contributed by atoms with E-state index in [9.17, 15) is 4.39 Å². The fourth-order valence-corrected chi connectivity index (χ4v) is 1.80. The number of aryl methyl sites for hydroxylation is 1. The van der Waals surface area contributed by atoms with Crippen molar-refractivity contribution in [3.8, 4) is 0 Å². The van der Waals surface area contributed by atoms with Crippen molar-refractivity contribution in [2.45, 2.75) is 34.1 Å². The quantitative estimate of drug-likeness (QED) is 0.832. The highest BCUT2D eigenvalue weighted by Gasteiger charge is 2.27. The topological polar surface area (TPSA) is 26.0 Å². The van der Waals surface area contributed by atoms with Crippen molar-refractivity contribution in [3.05, 3.63) is 35.1 Å². The highest BCUT2D eigenvalue weighted by molar-refractivity contribution is 5.27. The first-order chi connectivity index (χ1) is 7.39. The molecule has 1 aromatic rings. The third-order valence-corrected chi connectivity index (χ3v) is 3.76. The highest BCUT2D eigenvalue weighted by Crippen LogP contribution is 2.31. The molecule has 0 saturated heterocycles. The Balaban J connectivity index is 2.95. The fourth-order valence-electron chi connectivity index (χ4n) is 1.80. The summed E-state index contributed by atoms with van der Waals surface area (Å²) in [5, 5.41) is 0. The second-order valence-electron chi connectivity index (χ2n) is 5.26. The van der Waals surface area contributed by atoms with E-state index in [2.05, 4.69) is 20.8 Å². The first kappa shape index (κ1) is 13.2. The molecule has 1 nitrogen and oxygen atoms in total. The van der Waals surface area contributed by atoms with E-state index in [1.54, 1.807) is 6.07 Å². The molecular weight excluding hydrogens is 201 g/mol. The molecule has 90 valence electrons. The van der Waals surface area contributed by atoms with Crippen LogP contribution in [-0.2, 0) is 6.42 Å². The van der Waals surface area contributed by atoms with Crippen molar-refractivity contribution in [1.82, 2.24) is 0 Å². The Morgan fingerprint density at radius 1 is 1.38 bits per heavy atom. The van der Waals surface area contributed by atoms with Crippen molar-refractivity contribution in [2.75, 3.05) is 6.54 Å². The van der Waals surface area contributed by atoms with E-state index in [1.807, 2.05) is 13.0 Å². The van der Waals surface area contributed by atoms with Gasteiger partial charge in [-0.1, -0.05) is 26.8 Å². The van der Waals surface area contributed by atoms with Gasteiger partial charge in [0.05, 0.1) is 0 Å². The molecule has 0 bridgehead atoms. The van der Waals surface area contributed by atoms with Crippen molar-refractivity contribution < 1.29 is 4.39 Å². The minimum atomic E-state index is -0.166. The third-order valence-electron chi connectivity index (χ3n) is 3.76. The van der Waals surface area contributed by atoms with Crippen molar-refractivity contribution >= 4 is 0 Å². The summed E-state index contributed by atoms with van der Waals surface area (Å²) >= 11 is 0. The lowest BCUT2D eigenvalue weighted by atomic mass is 9.74. The Bertz CT molecular complexity index is 360. The lowest BCUT2D eigenvalue weighted by Crippen LogP contribution is -2.35. The van der Waals surface area contributed by atoms with Gasteiger partial charge in [0.1, 0.15) is 5.82 Å². The monoisotopic (exact) mass is 223 g/mol. The van der Waals surface area contributed by atoms with Gasteiger partial charge in [-0.15, -0.1) is 0 Å². The zero-order valence-corrected chi connectivity index (χ0v) is 10.7. The maximum absolute atomic E-state index is 13.0. The molecule has 0 radical (unpaired) electrons. The Morgan fingerprint density at radius 2 is 2.00 bits per heavy atom. The molecule has 1 unspecified atom stereocenters. The van der Waals surface area contributed by atoms with Crippen LogP contribution >= 0.6 is 0 Å². The van der Waals surface area contributed by atoms with Gasteiger partial charge in [-0.3, -0.25) is 0 Å². The van der Waals surface area contributed by atoms with E-state index in [-0.39, 0.29) is 11.2 Å². The molecule has 0 spiro atoms. The molecule has 0 aromatic heterocycles. The normalized spacial score (nSPS) is 15.2. The van der Waals surface area contributed by atoms with Crippen LogP contribution in [0.5, 0.6) is 0 Å². The summed E-state index contributed by atoms with van der Waals surface area (Å²) in [5.41, 5.74) is 8.16. The maximum atomic E-state index is 13.0. The number of rotatable bonds is 4. The predicted octanol–water partition coefficient (Wildman–Crippen LogP) is 3.30. The second-order valence-corrected chi connectivity index (χ2v) is 5.26. The van der Waals surface area contributed by atoms with Crippen LogP contribution < -0.4 is 5.73 Å². The summed E-state index contributed by atoms with van der Waals surface area (Å²) in [5.74, 6) is 0.349. The zero-order valence-electron chi connectivity index (χ0n) is 10.7. The van der Waals surface area contributed by atoms with Gasteiger partial charge in [-0.2, -0.15) is 0 Å². The average molecular weight is 223 g/mol. The molecule has 16 heavy (non-hydrogen) atoms. The van der Waals surface area contributed by atoms with Gasteiger partial charge in [-0.25, -0.2) is 4.39 Å². The van der Waals surface area contributed by atoms with Crippen LogP contribution in [0.1, 0.15) is 31.9 Å². The second kappa shape index (κ2) is 4.96. The summed E-state index contributed by atoms with van der Waals surface area (Å²) in [6.45, 7) is 9.18. The highest BCUT2D eigenvalue weighted by atomic mass is 19.1. The van der Waals surface area contributed by atoms with Crippen LogP contribution in [0.2, 0.25) is 0 Å². The van der Waals surface area contributed by atoms with Crippen LogP contribution in [-0.4, -0.2) is 6.54 Å². The number of benzene rings is 1. The Labute approximate surface area is 97.9 Å². The molecule has 0 heterocycles. The van der Waals surface area contributed by atoms with E-state index in [4.69, 9.17) is 5.73 Å². The summed E-state index contributed by atoms with van der Waals surface area (Å²) < 4.78 is 13.0. The van der Waals surface area contributed by atoms with Gasteiger partial charge in [0.2, 0.25) is 0 Å². The minimum absolute atomic E-state index is 0.0859. The molecule has 0 fully saturated rings. The predicted molar refractivity (Wildman–Crippen MR) is 66.8 cm³/mol. The van der Waals surface area contributed by atoms with Crippen LogP contribution in [0.25, 0.3) is 0 Å². The average Bonchev–Trinajstić information content (AvgIpc) is 2.22. The molecule has 0 aliphatic rings. The van der Waals surface area contributed by atoms with Crippen molar-refractivity contribution in [3.63, 3.8) is 0 Å². The molecule has 2 N–H and O–H groups in total. The van der Waals surface area contributed by atoms with Gasteiger partial charge in [0.25, 0.3) is 0 Å². The number of nitrogens with two attached hydrogens (primary N) is 1. The van der Waals surface area contributed by atoms with Crippen LogP contribution in [0.4, 0.5) is 4.39 Å². The zero-order chi connectivity index (χ0) is 12.3. The molecule has 1 rings (SSSR count). The first-order valence-electron chi connectivity index (χ1n) is 5.84. The lowest BCUT2D eigenvalue weighted by molar-refractivity contribution is 0.227. The van der Waals surface area contributed by atoms with Crippen molar-refractivity contribution in [1.29, 1.82) is 0 Å². The summed E-state index contributed by atoms with van der Waals surface area (Å²) in [6, 6.07) is 4.99. The first-order valence-corrected chi connectivity index (χ1v) is 5.84. The smallest absolute Gasteiger partial charge is 0.123 e. The maximum Gasteiger partial charge on any atom is 0.123 e. The summed E-state index contributed by atoms with van der Waals surface area (Å²) in [7, 11) is 0. The summed E-state index contributed by atoms with van der Waals surface area (Å²) in [4.78, 5) is 0. The van der Waals surface area contributed by atoms with Gasteiger partial charge in [-0.05, 0) is 54.5 Å². The number of halogens is 1. The molecule has 0 aliphatic heterocycles. The third kappa shape index (κ3) is 2.82. The van der Waals surface area contributed by atoms with E-state index in [0.717, 1.165) is 12.0 Å². The standard InChI is InChI=1S/C14H22FN/c1-10(2)14(4,9-16)8-12-5-6-13(15)7-11(12)3/h5-7,10H,8-9,16H2,1-4H3. The van der Waals surface area contributed by atoms with Crippen LogP contribution in [0.3, 0.4) is 0 Å². The summed E-state index contributed by atoms with van der Waals surface area (Å²) in [6.07, 6.45) is 0.910. The van der Waals surface area contributed by atoms with E-state index >= 15 is 0 Å². The molecule has 0 amide bonds. The molecule has 0 saturated carbocycles. The largest absolute Gasteiger partial charge is 0.330 e. The Morgan fingerprint density at radius 3 is 2.44 bits per heavy atom. The van der Waals surface area contributed by atoms with Crippen molar-refractivity contribution in [2.24, 2.45) is 17.1 Å². The van der Waals surface area contributed by atoms with Gasteiger partial charge >= 0.3 is 0 Å². The Hall–Kier alpha value is -0.890. The van der Waals surface area contributed by atoms with Gasteiger partial charge in [0, 0.05) is 0 Å².